The van der Waals surface area contributed by atoms with Gasteiger partial charge in [0.15, 0.2) is 0 Å². The predicted molar refractivity (Wildman–Crippen MR) is 59.6 cm³/mol. The van der Waals surface area contributed by atoms with Crippen LogP contribution in [0.1, 0.15) is 12.8 Å². The molecule has 1 heterocycles. The molecule has 1 nitrogen and oxygen atoms in total. The Balaban J connectivity index is 2.27. The predicted octanol–water partition coefficient (Wildman–Crippen LogP) is 3.15. The van der Waals surface area contributed by atoms with Crippen molar-refractivity contribution in [2.75, 3.05) is 24.2 Å². The van der Waals surface area contributed by atoms with Crippen LogP contribution in [0.25, 0.3) is 0 Å². The molecule has 2 rings (SSSR count). The highest BCUT2D eigenvalue weighted by atomic mass is 32.2. The molecule has 0 saturated carbocycles. The molecule has 1 aliphatic heterocycles. The van der Waals surface area contributed by atoms with Crippen LogP contribution in [0.2, 0.25) is 0 Å². The van der Waals surface area contributed by atoms with Crippen molar-refractivity contribution in [3.05, 3.63) is 24.0 Å². The van der Waals surface area contributed by atoms with Crippen LogP contribution in [0, 0.1) is 5.82 Å². The number of nitrogens with zero attached hydrogens (tertiary/aromatic N) is 1. The van der Waals surface area contributed by atoms with E-state index in [1.165, 1.54) is 12.8 Å². The van der Waals surface area contributed by atoms with Gasteiger partial charge >= 0.3 is 0 Å². The maximum atomic E-state index is 13.2. The Kier molecular flexibility index (Phi) is 2.96. The lowest BCUT2D eigenvalue weighted by atomic mass is 10.3. The van der Waals surface area contributed by atoms with Crippen molar-refractivity contribution >= 4 is 17.4 Å². The van der Waals surface area contributed by atoms with Crippen LogP contribution in [0.3, 0.4) is 0 Å². The van der Waals surface area contributed by atoms with E-state index in [-0.39, 0.29) is 5.82 Å². The Hall–Kier alpha value is -0.700. The lowest BCUT2D eigenvalue weighted by Crippen LogP contribution is -2.17. The van der Waals surface area contributed by atoms with Gasteiger partial charge in [-0.3, -0.25) is 0 Å². The average molecular weight is 211 g/mol. The van der Waals surface area contributed by atoms with Gasteiger partial charge in [-0.1, -0.05) is 0 Å². The van der Waals surface area contributed by atoms with Crippen LogP contribution in [0.15, 0.2) is 23.1 Å². The van der Waals surface area contributed by atoms with Crippen molar-refractivity contribution in [2.24, 2.45) is 0 Å². The molecule has 0 N–H and O–H groups in total. The number of hydrogen-bond acceptors (Lipinski definition) is 2. The highest BCUT2D eigenvalue weighted by Gasteiger charge is 2.13. The normalized spacial score (nSPS) is 16.3. The summed E-state index contributed by atoms with van der Waals surface area (Å²) < 4.78 is 13.2. The van der Waals surface area contributed by atoms with Gasteiger partial charge in [0.2, 0.25) is 0 Å². The summed E-state index contributed by atoms with van der Waals surface area (Å²) in [7, 11) is 0. The maximum absolute atomic E-state index is 13.2. The van der Waals surface area contributed by atoms with Gasteiger partial charge in [-0.2, -0.15) is 0 Å². The first-order valence-corrected chi connectivity index (χ1v) is 6.11. The van der Waals surface area contributed by atoms with E-state index in [4.69, 9.17) is 0 Å². The summed E-state index contributed by atoms with van der Waals surface area (Å²) in [5.41, 5.74) is 1.03. The second kappa shape index (κ2) is 4.22. The molecule has 1 saturated heterocycles. The van der Waals surface area contributed by atoms with Crippen LogP contribution in [-0.2, 0) is 0 Å². The van der Waals surface area contributed by atoms with Crippen molar-refractivity contribution in [2.45, 2.75) is 17.7 Å². The van der Waals surface area contributed by atoms with E-state index in [1.54, 1.807) is 23.9 Å². The second-order valence-electron chi connectivity index (χ2n) is 3.54. The third kappa shape index (κ3) is 2.03. The van der Waals surface area contributed by atoms with Gasteiger partial charge in [0.05, 0.1) is 0 Å². The number of hydrogen-bond donors (Lipinski definition) is 0. The minimum absolute atomic E-state index is 0.126. The van der Waals surface area contributed by atoms with E-state index in [0.717, 1.165) is 23.7 Å². The molecule has 0 bridgehead atoms. The molecular weight excluding hydrogens is 197 g/mol. The fourth-order valence-electron chi connectivity index (χ4n) is 1.82. The molecule has 1 aromatic carbocycles. The van der Waals surface area contributed by atoms with Crippen LogP contribution in [0.4, 0.5) is 10.1 Å². The molecule has 0 spiro atoms. The Labute approximate surface area is 88.3 Å². The summed E-state index contributed by atoms with van der Waals surface area (Å²) in [6.07, 6.45) is 4.43. The summed E-state index contributed by atoms with van der Waals surface area (Å²) in [5.74, 6) is -0.126. The van der Waals surface area contributed by atoms with Crippen LogP contribution >= 0.6 is 11.8 Å². The van der Waals surface area contributed by atoms with E-state index in [2.05, 4.69) is 11.0 Å². The lowest BCUT2D eigenvalue weighted by molar-refractivity contribution is 0.623. The summed E-state index contributed by atoms with van der Waals surface area (Å²) in [6, 6.07) is 5.29. The average Bonchev–Trinajstić information content (AvgIpc) is 2.69. The number of rotatable bonds is 2. The van der Waals surface area contributed by atoms with Gasteiger partial charge < -0.3 is 4.90 Å². The van der Waals surface area contributed by atoms with Gasteiger partial charge in [-0.05, 0) is 37.3 Å². The third-order valence-corrected chi connectivity index (χ3v) is 3.27. The van der Waals surface area contributed by atoms with Crippen LogP contribution in [-0.4, -0.2) is 19.3 Å². The van der Waals surface area contributed by atoms with Gasteiger partial charge in [-0.15, -0.1) is 11.8 Å². The van der Waals surface area contributed by atoms with Crippen molar-refractivity contribution in [1.82, 2.24) is 0 Å². The van der Waals surface area contributed by atoms with Crippen molar-refractivity contribution in [3.63, 3.8) is 0 Å². The number of thioether (sulfide) groups is 1. The van der Waals surface area contributed by atoms with E-state index in [9.17, 15) is 4.39 Å². The topological polar surface area (TPSA) is 3.24 Å². The zero-order valence-corrected chi connectivity index (χ0v) is 9.11. The molecule has 1 aromatic rings. The highest BCUT2D eigenvalue weighted by molar-refractivity contribution is 7.98. The number of anilines is 1. The quantitative estimate of drug-likeness (QED) is 0.691. The van der Waals surface area contributed by atoms with Gasteiger partial charge in [0.1, 0.15) is 5.82 Å². The molecule has 0 aliphatic carbocycles. The maximum Gasteiger partial charge on any atom is 0.126 e. The summed E-state index contributed by atoms with van der Waals surface area (Å²) in [5, 5.41) is 0. The Morgan fingerprint density at radius 3 is 2.57 bits per heavy atom. The highest BCUT2D eigenvalue weighted by Crippen LogP contribution is 2.26. The van der Waals surface area contributed by atoms with Crippen molar-refractivity contribution in [1.29, 1.82) is 0 Å². The first kappa shape index (κ1) is 9.84. The molecule has 0 radical (unpaired) electrons. The third-order valence-electron chi connectivity index (χ3n) is 2.56. The molecule has 0 atom stereocenters. The van der Waals surface area contributed by atoms with E-state index in [0.29, 0.717) is 0 Å². The van der Waals surface area contributed by atoms with E-state index >= 15 is 0 Å². The molecular formula is C11H14FNS. The minimum Gasteiger partial charge on any atom is -0.371 e. The lowest BCUT2D eigenvalue weighted by Gasteiger charge is -2.18. The number of benzene rings is 1. The summed E-state index contributed by atoms with van der Waals surface area (Å²) in [4.78, 5) is 3.26. The van der Waals surface area contributed by atoms with Gasteiger partial charge in [-0.25, -0.2) is 4.39 Å². The molecule has 0 unspecified atom stereocenters. The largest absolute Gasteiger partial charge is 0.371 e. The summed E-state index contributed by atoms with van der Waals surface area (Å²) in [6.45, 7) is 2.13. The fourth-order valence-corrected chi connectivity index (χ4v) is 2.29. The smallest absolute Gasteiger partial charge is 0.126 e. The molecule has 14 heavy (non-hydrogen) atoms. The molecule has 0 aromatic heterocycles. The molecule has 1 fully saturated rings. The Morgan fingerprint density at radius 1 is 1.21 bits per heavy atom. The van der Waals surface area contributed by atoms with Crippen LogP contribution < -0.4 is 4.90 Å². The van der Waals surface area contributed by atoms with Crippen LogP contribution in [0.5, 0.6) is 0 Å². The first-order chi connectivity index (χ1) is 6.79. The molecule has 76 valence electrons. The second-order valence-corrected chi connectivity index (χ2v) is 4.42. The monoisotopic (exact) mass is 211 g/mol. The number of halogens is 1. The summed E-state index contributed by atoms with van der Waals surface area (Å²) >= 11 is 1.59. The molecule has 0 amide bonds. The Morgan fingerprint density at radius 2 is 1.93 bits per heavy atom. The zero-order valence-electron chi connectivity index (χ0n) is 8.29. The van der Waals surface area contributed by atoms with Gasteiger partial charge in [0, 0.05) is 23.7 Å². The Bertz CT molecular complexity index is 321. The molecule has 3 heteroatoms. The van der Waals surface area contributed by atoms with Gasteiger partial charge in [0.25, 0.3) is 0 Å². The zero-order chi connectivity index (χ0) is 9.97. The first-order valence-electron chi connectivity index (χ1n) is 4.89. The van der Waals surface area contributed by atoms with E-state index in [1.807, 2.05) is 6.26 Å². The van der Waals surface area contributed by atoms with E-state index < -0.39 is 0 Å². The van der Waals surface area contributed by atoms with Crippen molar-refractivity contribution < 1.29 is 4.39 Å². The van der Waals surface area contributed by atoms with Crippen molar-refractivity contribution in [3.8, 4) is 0 Å². The minimum atomic E-state index is -0.126. The standard InChI is InChI=1S/C11H14FNS/c1-14-11-7-9(12)6-10(8-11)13-4-2-3-5-13/h6-8H,2-5H2,1H3. The SMILES string of the molecule is CSc1cc(F)cc(N2CCCC2)c1. The fraction of sp³-hybridized carbons (Fsp3) is 0.455. The molecule has 1 aliphatic rings.